The first-order valence-corrected chi connectivity index (χ1v) is 8.64. The number of methoxy groups -OCH3 is 1. The highest BCUT2D eigenvalue weighted by molar-refractivity contribution is 5.86. The van der Waals surface area contributed by atoms with E-state index in [0.717, 1.165) is 25.3 Å². The third-order valence-corrected chi connectivity index (χ3v) is 5.28. The second-order valence-electron chi connectivity index (χ2n) is 6.60. The van der Waals surface area contributed by atoms with Gasteiger partial charge in [0.25, 0.3) is 0 Å². The number of hydrogen-bond donors (Lipinski definition) is 0. The van der Waals surface area contributed by atoms with Crippen LogP contribution in [0.2, 0.25) is 0 Å². The molecule has 2 nitrogen and oxygen atoms in total. The SMILES string of the molecule is COc1ccc2c(c1)CN(C(C)c1cccc3ccccc13)CC2. The zero-order chi connectivity index (χ0) is 16.5. The summed E-state index contributed by atoms with van der Waals surface area (Å²) >= 11 is 0. The van der Waals surface area contributed by atoms with Crippen LogP contribution in [-0.4, -0.2) is 18.6 Å². The minimum atomic E-state index is 0.399. The summed E-state index contributed by atoms with van der Waals surface area (Å²) in [5.41, 5.74) is 4.27. The van der Waals surface area contributed by atoms with E-state index in [2.05, 4.69) is 72.5 Å². The molecule has 122 valence electrons. The molecule has 24 heavy (non-hydrogen) atoms. The topological polar surface area (TPSA) is 12.5 Å². The molecule has 0 bridgehead atoms. The molecule has 3 aromatic carbocycles. The highest BCUT2D eigenvalue weighted by atomic mass is 16.5. The molecule has 0 saturated heterocycles. The molecule has 4 rings (SSSR count). The van der Waals surface area contributed by atoms with Crippen molar-refractivity contribution in [2.24, 2.45) is 0 Å². The fourth-order valence-corrected chi connectivity index (χ4v) is 3.82. The van der Waals surface area contributed by atoms with E-state index >= 15 is 0 Å². The second-order valence-corrected chi connectivity index (χ2v) is 6.60. The van der Waals surface area contributed by atoms with Crippen LogP contribution in [0.1, 0.15) is 29.7 Å². The van der Waals surface area contributed by atoms with E-state index in [1.54, 1.807) is 7.11 Å². The number of rotatable bonds is 3. The number of benzene rings is 3. The molecule has 3 aromatic rings. The molecule has 0 fully saturated rings. The van der Waals surface area contributed by atoms with Gasteiger partial charge in [-0.15, -0.1) is 0 Å². The minimum Gasteiger partial charge on any atom is -0.497 e. The van der Waals surface area contributed by atoms with E-state index in [-0.39, 0.29) is 0 Å². The lowest BCUT2D eigenvalue weighted by atomic mass is 9.94. The van der Waals surface area contributed by atoms with E-state index < -0.39 is 0 Å². The molecule has 0 N–H and O–H groups in total. The molecule has 0 saturated carbocycles. The molecular formula is C22H23NO. The predicted octanol–water partition coefficient (Wildman–Crippen LogP) is 4.97. The molecule has 0 radical (unpaired) electrons. The molecule has 1 heterocycles. The quantitative estimate of drug-likeness (QED) is 0.676. The van der Waals surface area contributed by atoms with Crippen LogP contribution in [-0.2, 0) is 13.0 Å². The summed E-state index contributed by atoms with van der Waals surface area (Å²) < 4.78 is 5.40. The standard InChI is InChI=1S/C22H23NO/c1-16(21-9-5-7-18-6-3-4-8-22(18)21)23-13-12-17-10-11-20(24-2)14-19(17)15-23/h3-11,14,16H,12-13,15H2,1-2H3. The largest absolute Gasteiger partial charge is 0.497 e. The number of ether oxygens (including phenoxy) is 1. The fourth-order valence-electron chi connectivity index (χ4n) is 3.82. The molecule has 1 unspecified atom stereocenters. The number of fused-ring (bicyclic) bond motifs is 2. The van der Waals surface area contributed by atoms with E-state index in [4.69, 9.17) is 4.74 Å². The highest BCUT2D eigenvalue weighted by Crippen LogP contribution is 2.32. The van der Waals surface area contributed by atoms with Crippen LogP contribution in [0, 0.1) is 0 Å². The Morgan fingerprint density at radius 3 is 2.67 bits per heavy atom. The Bertz CT molecular complexity index is 865. The summed E-state index contributed by atoms with van der Waals surface area (Å²) in [6.07, 6.45) is 1.11. The Labute approximate surface area is 143 Å². The van der Waals surface area contributed by atoms with Gasteiger partial charge in [0.2, 0.25) is 0 Å². The first-order chi connectivity index (χ1) is 11.8. The lowest BCUT2D eigenvalue weighted by Gasteiger charge is -2.34. The predicted molar refractivity (Wildman–Crippen MR) is 99.5 cm³/mol. The Kier molecular flexibility index (Phi) is 3.99. The van der Waals surface area contributed by atoms with Gasteiger partial charge in [0.05, 0.1) is 7.11 Å². The van der Waals surface area contributed by atoms with Crippen LogP contribution in [0.5, 0.6) is 5.75 Å². The maximum atomic E-state index is 5.40. The van der Waals surface area contributed by atoms with Crippen LogP contribution in [0.4, 0.5) is 0 Å². The average molecular weight is 317 g/mol. The van der Waals surface area contributed by atoms with Gasteiger partial charge >= 0.3 is 0 Å². The molecular weight excluding hydrogens is 294 g/mol. The van der Waals surface area contributed by atoms with Crippen molar-refractivity contribution < 1.29 is 4.74 Å². The van der Waals surface area contributed by atoms with Crippen molar-refractivity contribution >= 4 is 10.8 Å². The molecule has 0 aromatic heterocycles. The average Bonchev–Trinajstić information content (AvgIpc) is 2.66. The van der Waals surface area contributed by atoms with Crippen LogP contribution in [0.15, 0.2) is 60.7 Å². The fraction of sp³-hybridized carbons (Fsp3) is 0.273. The van der Waals surface area contributed by atoms with Gasteiger partial charge in [0, 0.05) is 19.1 Å². The Morgan fingerprint density at radius 2 is 1.79 bits per heavy atom. The van der Waals surface area contributed by atoms with Crippen molar-refractivity contribution in [1.29, 1.82) is 0 Å². The van der Waals surface area contributed by atoms with E-state index in [0.29, 0.717) is 6.04 Å². The van der Waals surface area contributed by atoms with Gasteiger partial charge in [-0.05, 0) is 52.9 Å². The van der Waals surface area contributed by atoms with Crippen molar-refractivity contribution in [1.82, 2.24) is 4.90 Å². The van der Waals surface area contributed by atoms with Crippen molar-refractivity contribution in [2.75, 3.05) is 13.7 Å². The monoisotopic (exact) mass is 317 g/mol. The molecule has 2 heteroatoms. The summed E-state index contributed by atoms with van der Waals surface area (Å²) in [4.78, 5) is 2.57. The Hall–Kier alpha value is -2.32. The van der Waals surface area contributed by atoms with Gasteiger partial charge in [0.15, 0.2) is 0 Å². The second kappa shape index (κ2) is 6.29. The van der Waals surface area contributed by atoms with Gasteiger partial charge < -0.3 is 4.74 Å². The van der Waals surface area contributed by atoms with Crippen molar-refractivity contribution in [3.63, 3.8) is 0 Å². The van der Waals surface area contributed by atoms with Crippen LogP contribution < -0.4 is 4.74 Å². The maximum Gasteiger partial charge on any atom is 0.119 e. The first-order valence-electron chi connectivity index (χ1n) is 8.64. The van der Waals surface area contributed by atoms with Gasteiger partial charge in [-0.1, -0.05) is 48.5 Å². The third kappa shape index (κ3) is 2.67. The van der Waals surface area contributed by atoms with Crippen LogP contribution in [0.3, 0.4) is 0 Å². The lowest BCUT2D eigenvalue weighted by molar-refractivity contribution is 0.193. The molecule has 1 aliphatic heterocycles. The molecule has 0 amide bonds. The number of nitrogens with zero attached hydrogens (tertiary/aromatic N) is 1. The van der Waals surface area contributed by atoms with Crippen LogP contribution >= 0.6 is 0 Å². The van der Waals surface area contributed by atoms with E-state index in [9.17, 15) is 0 Å². The summed E-state index contributed by atoms with van der Waals surface area (Å²) in [6, 6.07) is 22.2. The van der Waals surface area contributed by atoms with Crippen molar-refractivity contribution in [3.05, 3.63) is 77.4 Å². The van der Waals surface area contributed by atoms with Gasteiger partial charge in [0.1, 0.15) is 5.75 Å². The van der Waals surface area contributed by atoms with Gasteiger partial charge in [-0.25, -0.2) is 0 Å². The maximum absolute atomic E-state index is 5.40. The van der Waals surface area contributed by atoms with Gasteiger partial charge in [-0.2, -0.15) is 0 Å². The summed E-state index contributed by atoms with van der Waals surface area (Å²) in [7, 11) is 1.74. The van der Waals surface area contributed by atoms with Crippen LogP contribution in [0.25, 0.3) is 10.8 Å². The lowest BCUT2D eigenvalue weighted by Crippen LogP contribution is -2.33. The molecule has 0 spiro atoms. The molecule has 1 aliphatic rings. The molecule has 1 atom stereocenters. The van der Waals surface area contributed by atoms with Gasteiger partial charge in [-0.3, -0.25) is 4.90 Å². The zero-order valence-electron chi connectivity index (χ0n) is 14.3. The Morgan fingerprint density at radius 1 is 0.958 bits per heavy atom. The van der Waals surface area contributed by atoms with E-state index in [1.807, 2.05) is 0 Å². The van der Waals surface area contributed by atoms with E-state index in [1.165, 1.54) is 27.5 Å². The van der Waals surface area contributed by atoms with Crippen molar-refractivity contribution in [2.45, 2.75) is 25.9 Å². The Balaban J connectivity index is 1.66. The molecule has 0 aliphatic carbocycles. The summed E-state index contributed by atoms with van der Waals surface area (Å²) in [5.74, 6) is 0.952. The minimum absolute atomic E-state index is 0.399. The normalized spacial score (nSPS) is 15.9. The first kappa shape index (κ1) is 15.2. The number of hydrogen-bond acceptors (Lipinski definition) is 2. The van der Waals surface area contributed by atoms with Crippen molar-refractivity contribution in [3.8, 4) is 5.75 Å². The zero-order valence-corrected chi connectivity index (χ0v) is 14.3. The smallest absolute Gasteiger partial charge is 0.119 e. The third-order valence-electron chi connectivity index (χ3n) is 5.28. The summed E-state index contributed by atoms with van der Waals surface area (Å²) in [5, 5.41) is 2.69. The highest BCUT2D eigenvalue weighted by Gasteiger charge is 2.23. The summed E-state index contributed by atoms with van der Waals surface area (Å²) in [6.45, 7) is 4.41.